The predicted octanol–water partition coefficient (Wildman–Crippen LogP) is 2.64. The van der Waals surface area contributed by atoms with Gasteiger partial charge in [0.25, 0.3) is 5.91 Å². The monoisotopic (exact) mass is 298 g/mol. The van der Waals surface area contributed by atoms with Gasteiger partial charge < -0.3 is 10.6 Å². The molecule has 0 aromatic heterocycles. The fraction of sp³-hybridized carbons (Fsp3) is 0.429. The summed E-state index contributed by atoms with van der Waals surface area (Å²) in [5, 5.41) is 0. The molecule has 0 unspecified atom stereocenters. The molecule has 1 aliphatic rings. The molecule has 20 heavy (non-hydrogen) atoms. The second-order valence-electron chi connectivity index (χ2n) is 4.96. The van der Waals surface area contributed by atoms with Gasteiger partial charge in [0.15, 0.2) is 0 Å². The van der Waals surface area contributed by atoms with E-state index in [4.69, 9.17) is 18.0 Å². The smallest absolute Gasteiger partial charge is 0.257 e. The lowest BCUT2D eigenvalue weighted by Crippen LogP contribution is -2.43. The van der Waals surface area contributed by atoms with E-state index in [0.29, 0.717) is 6.07 Å². The minimum atomic E-state index is -0.860. The quantitative estimate of drug-likeness (QED) is 0.869. The van der Waals surface area contributed by atoms with E-state index in [9.17, 15) is 13.6 Å². The van der Waals surface area contributed by atoms with Gasteiger partial charge in [0.2, 0.25) is 0 Å². The molecule has 0 aliphatic heterocycles. The summed E-state index contributed by atoms with van der Waals surface area (Å²) in [7, 11) is 0. The Morgan fingerprint density at radius 2 is 2.00 bits per heavy atom. The minimum absolute atomic E-state index is 0.0217. The average molecular weight is 298 g/mol. The van der Waals surface area contributed by atoms with Crippen molar-refractivity contribution in [3.8, 4) is 0 Å². The molecule has 0 radical (unpaired) electrons. The number of thiocarbonyl (C=S) groups is 1. The van der Waals surface area contributed by atoms with Gasteiger partial charge in [0.05, 0.1) is 17.1 Å². The Balaban J connectivity index is 2.27. The Bertz CT molecular complexity index is 530. The first-order valence-electron chi connectivity index (χ1n) is 6.53. The van der Waals surface area contributed by atoms with Crippen molar-refractivity contribution >= 4 is 23.1 Å². The molecule has 1 fully saturated rings. The van der Waals surface area contributed by atoms with Crippen molar-refractivity contribution in [2.24, 2.45) is 5.73 Å². The summed E-state index contributed by atoms with van der Waals surface area (Å²) < 4.78 is 26.7. The fourth-order valence-corrected chi connectivity index (χ4v) is 2.71. The van der Waals surface area contributed by atoms with Crippen LogP contribution in [0.1, 0.15) is 36.0 Å². The van der Waals surface area contributed by atoms with Crippen LogP contribution in [0.3, 0.4) is 0 Å². The van der Waals surface area contributed by atoms with Gasteiger partial charge in [-0.25, -0.2) is 8.78 Å². The van der Waals surface area contributed by atoms with Crippen LogP contribution in [-0.2, 0) is 0 Å². The van der Waals surface area contributed by atoms with Gasteiger partial charge in [0.1, 0.15) is 11.6 Å². The van der Waals surface area contributed by atoms with Crippen LogP contribution in [0.25, 0.3) is 0 Å². The highest BCUT2D eigenvalue weighted by Crippen LogP contribution is 2.25. The van der Waals surface area contributed by atoms with Gasteiger partial charge in [-0.1, -0.05) is 25.1 Å². The SMILES string of the molecule is NC(=S)CN(C(=O)c1ccc(F)cc1F)C1CCCC1. The fourth-order valence-electron chi connectivity index (χ4n) is 2.57. The molecule has 108 valence electrons. The van der Waals surface area contributed by atoms with Crippen LogP contribution in [0.5, 0.6) is 0 Å². The molecule has 1 aliphatic carbocycles. The third-order valence-corrected chi connectivity index (χ3v) is 3.64. The summed E-state index contributed by atoms with van der Waals surface area (Å²) in [5.41, 5.74) is 5.38. The van der Waals surface area contributed by atoms with Crippen LogP contribution in [-0.4, -0.2) is 28.4 Å². The van der Waals surface area contributed by atoms with E-state index in [1.165, 1.54) is 4.90 Å². The second kappa shape index (κ2) is 6.26. The number of benzene rings is 1. The van der Waals surface area contributed by atoms with Crippen LogP contribution >= 0.6 is 12.2 Å². The number of hydrogen-bond donors (Lipinski definition) is 1. The van der Waals surface area contributed by atoms with E-state index in [-0.39, 0.29) is 23.1 Å². The zero-order valence-electron chi connectivity index (χ0n) is 10.9. The van der Waals surface area contributed by atoms with Gasteiger partial charge >= 0.3 is 0 Å². The van der Waals surface area contributed by atoms with Crippen molar-refractivity contribution in [3.63, 3.8) is 0 Å². The van der Waals surface area contributed by atoms with Crippen molar-refractivity contribution in [1.29, 1.82) is 0 Å². The van der Waals surface area contributed by atoms with E-state index in [0.717, 1.165) is 37.8 Å². The Labute approximate surface area is 121 Å². The highest BCUT2D eigenvalue weighted by Gasteiger charge is 2.29. The van der Waals surface area contributed by atoms with E-state index < -0.39 is 17.5 Å². The predicted molar refractivity (Wildman–Crippen MR) is 76.4 cm³/mol. The topological polar surface area (TPSA) is 46.3 Å². The minimum Gasteiger partial charge on any atom is -0.392 e. The second-order valence-corrected chi connectivity index (χ2v) is 5.49. The molecule has 2 N–H and O–H groups in total. The molecule has 2 rings (SSSR count). The summed E-state index contributed by atoms with van der Waals surface area (Å²) >= 11 is 4.86. The first-order chi connectivity index (χ1) is 9.49. The lowest BCUT2D eigenvalue weighted by molar-refractivity contribution is 0.0710. The van der Waals surface area contributed by atoms with Gasteiger partial charge in [-0.2, -0.15) is 0 Å². The summed E-state index contributed by atoms with van der Waals surface area (Å²) in [6.45, 7) is 0.121. The molecule has 0 saturated heterocycles. The number of halogens is 2. The first-order valence-corrected chi connectivity index (χ1v) is 6.94. The third kappa shape index (κ3) is 3.30. The number of amides is 1. The van der Waals surface area contributed by atoms with Crippen LogP contribution < -0.4 is 5.73 Å². The molecule has 0 atom stereocenters. The lowest BCUT2D eigenvalue weighted by Gasteiger charge is -2.28. The van der Waals surface area contributed by atoms with E-state index >= 15 is 0 Å². The van der Waals surface area contributed by atoms with Gasteiger partial charge in [-0.3, -0.25) is 4.79 Å². The summed E-state index contributed by atoms with van der Waals surface area (Å²) in [4.78, 5) is 14.1. The van der Waals surface area contributed by atoms with Crippen molar-refractivity contribution in [2.75, 3.05) is 6.54 Å². The Hall–Kier alpha value is -1.56. The van der Waals surface area contributed by atoms with E-state index in [2.05, 4.69) is 0 Å². The summed E-state index contributed by atoms with van der Waals surface area (Å²) in [6, 6.07) is 2.97. The van der Waals surface area contributed by atoms with Crippen LogP contribution in [0.15, 0.2) is 18.2 Å². The molecule has 1 aromatic carbocycles. The number of nitrogens with zero attached hydrogens (tertiary/aromatic N) is 1. The van der Waals surface area contributed by atoms with E-state index in [1.54, 1.807) is 0 Å². The standard InChI is InChI=1S/C14H16F2N2OS/c15-9-5-6-11(12(16)7-9)14(19)18(8-13(17)20)10-3-1-2-4-10/h5-7,10H,1-4,8H2,(H2,17,20). The first kappa shape index (κ1) is 14.8. The highest BCUT2D eigenvalue weighted by atomic mass is 32.1. The number of carbonyl (C=O) groups is 1. The van der Waals surface area contributed by atoms with Crippen molar-refractivity contribution in [3.05, 3.63) is 35.4 Å². The van der Waals surface area contributed by atoms with Crippen LogP contribution in [0, 0.1) is 11.6 Å². The maximum Gasteiger partial charge on any atom is 0.257 e. The normalized spacial score (nSPS) is 15.3. The van der Waals surface area contributed by atoms with Gasteiger partial charge in [-0.15, -0.1) is 0 Å². The molecular weight excluding hydrogens is 282 g/mol. The van der Waals surface area contributed by atoms with Crippen LogP contribution in [0.2, 0.25) is 0 Å². The van der Waals surface area contributed by atoms with Crippen molar-refractivity contribution in [1.82, 2.24) is 4.90 Å². The highest BCUT2D eigenvalue weighted by molar-refractivity contribution is 7.80. The molecule has 3 nitrogen and oxygen atoms in total. The van der Waals surface area contributed by atoms with Gasteiger partial charge in [-0.05, 0) is 25.0 Å². The van der Waals surface area contributed by atoms with Crippen molar-refractivity contribution in [2.45, 2.75) is 31.7 Å². The number of hydrogen-bond acceptors (Lipinski definition) is 2. The molecule has 0 heterocycles. The molecule has 6 heteroatoms. The number of rotatable bonds is 4. The third-order valence-electron chi connectivity index (χ3n) is 3.51. The zero-order valence-corrected chi connectivity index (χ0v) is 11.8. The van der Waals surface area contributed by atoms with Crippen LogP contribution in [0.4, 0.5) is 8.78 Å². The molecule has 0 spiro atoms. The van der Waals surface area contributed by atoms with Gasteiger partial charge in [0, 0.05) is 12.1 Å². The molecular formula is C14H16F2N2OS. The molecule has 0 bridgehead atoms. The zero-order chi connectivity index (χ0) is 14.7. The number of nitrogens with two attached hydrogens (primary N) is 1. The largest absolute Gasteiger partial charge is 0.392 e. The molecule has 1 saturated carbocycles. The maximum atomic E-state index is 13.7. The average Bonchev–Trinajstić information content (AvgIpc) is 2.88. The Kier molecular flexibility index (Phi) is 4.65. The van der Waals surface area contributed by atoms with E-state index in [1.807, 2.05) is 0 Å². The molecule has 1 amide bonds. The lowest BCUT2D eigenvalue weighted by atomic mass is 10.1. The number of carbonyl (C=O) groups excluding carboxylic acids is 1. The molecule has 1 aromatic rings. The Morgan fingerprint density at radius 3 is 2.55 bits per heavy atom. The summed E-state index contributed by atoms with van der Waals surface area (Å²) in [5.74, 6) is -2.05. The Morgan fingerprint density at radius 1 is 1.35 bits per heavy atom. The van der Waals surface area contributed by atoms with Crippen molar-refractivity contribution < 1.29 is 13.6 Å². The maximum absolute atomic E-state index is 13.7. The summed E-state index contributed by atoms with van der Waals surface area (Å²) in [6.07, 6.45) is 3.77.